The summed E-state index contributed by atoms with van der Waals surface area (Å²) in [7, 11) is 0. The third-order valence-corrected chi connectivity index (χ3v) is 4.04. The molecule has 0 unspecified atom stereocenters. The minimum Gasteiger partial charge on any atom is -0.397 e. The molecule has 0 spiro atoms. The van der Waals surface area contributed by atoms with Gasteiger partial charge in [-0.15, -0.1) is 0 Å². The van der Waals surface area contributed by atoms with Gasteiger partial charge >= 0.3 is 0 Å². The van der Waals surface area contributed by atoms with Crippen LogP contribution in [0.15, 0.2) is 30.3 Å². The van der Waals surface area contributed by atoms with Crippen LogP contribution in [0.4, 0.5) is 22.7 Å². The first kappa shape index (κ1) is 13.5. The van der Waals surface area contributed by atoms with E-state index in [1.54, 1.807) is 0 Å². The highest BCUT2D eigenvalue weighted by Gasteiger charge is 2.17. The van der Waals surface area contributed by atoms with Crippen molar-refractivity contribution in [2.75, 3.05) is 16.4 Å². The molecule has 1 heterocycles. The first-order chi connectivity index (χ1) is 10.0. The van der Waals surface area contributed by atoms with E-state index in [-0.39, 0.29) is 5.91 Å². The van der Waals surface area contributed by atoms with Crippen molar-refractivity contribution in [2.24, 2.45) is 0 Å². The van der Waals surface area contributed by atoms with Crippen LogP contribution in [0.3, 0.4) is 0 Å². The molecule has 1 aliphatic rings. The van der Waals surface area contributed by atoms with Gasteiger partial charge in [0.1, 0.15) is 0 Å². The van der Waals surface area contributed by atoms with Crippen LogP contribution in [-0.4, -0.2) is 5.91 Å². The maximum atomic E-state index is 11.4. The van der Waals surface area contributed by atoms with E-state index in [9.17, 15) is 4.79 Å². The van der Waals surface area contributed by atoms with Crippen LogP contribution in [-0.2, 0) is 11.2 Å². The van der Waals surface area contributed by atoms with Gasteiger partial charge in [0.15, 0.2) is 0 Å². The first-order valence-corrected chi connectivity index (χ1v) is 7.10. The SMILES string of the molecule is Cc1cccc(Nc2cc3c(cc2N)NC(=O)CC3)c1C. The summed E-state index contributed by atoms with van der Waals surface area (Å²) in [6, 6.07) is 10.0. The zero-order valence-electron chi connectivity index (χ0n) is 12.3. The number of rotatable bonds is 2. The molecule has 4 N–H and O–H groups in total. The average Bonchev–Trinajstić information content (AvgIpc) is 2.45. The van der Waals surface area contributed by atoms with Gasteiger partial charge in [0.2, 0.25) is 5.91 Å². The van der Waals surface area contributed by atoms with Crippen LogP contribution in [0.1, 0.15) is 23.1 Å². The molecule has 1 amide bonds. The van der Waals surface area contributed by atoms with Crippen molar-refractivity contribution in [1.82, 2.24) is 0 Å². The van der Waals surface area contributed by atoms with Crippen molar-refractivity contribution in [3.63, 3.8) is 0 Å². The normalized spacial score (nSPS) is 13.5. The molecule has 0 fully saturated rings. The number of anilines is 4. The summed E-state index contributed by atoms with van der Waals surface area (Å²) < 4.78 is 0. The highest BCUT2D eigenvalue weighted by molar-refractivity contribution is 5.95. The number of nitrogen functional groups attached to an aromatic ring is 1. The van der Waals surface area contributed by atoms with E-state index in [1.807, 2.05) is 24.3 Å². The third-order valence-electron chi connectivity index (χ3n) is 4.04. The van der Waals surface area contributed by atoms with E-state index in [0.717, 1.165) is 29.0 Å². The molecular formula is C17H19N3O. The van der Waals surface area contributed by atoms with Crippen LogP contribution in [0.25, 0.3) is 0 Å². The van der Waals surface area contributed by atoms with Gasteiger partial charge in [-0.2, -0.15) is 0 Å². The van der Waals surface area contributed by atoms with Crippen molar-refractivity contribution < 1.29 is 4.79 Å². The molecule has 2 aromatic carbocycles. The average molecular weight is 281 g/mol. The molecule has 4 heteroatoms. The molecule has 0 saturated heterocycles. The maximum absolute atomic E-state index is 11.4. The Bertz CT molecular complexity index is 722. The van der Waals surface area contributed by atoms with Crippen LogP contribution in [0, 0.1) is 13.8 Å². The van der Waals surface area contributed by atoms with E-state index in [0.29, 0.717) is 12.1 Å². The smallest absolute Gasteiger partial charge is 0.224 e. The zero-order chi connectivity index (χ0) is 15.0. The quantitative estimate of drug-likeness (QED) is 0.738. The minimum absolute atomic E-state index is 0.0529. The second kappa shape index (κ2) is 5.13. The highest BCUT2D eigenvalue weighted by Crippen LogP contribution is 2.33. The molecule has 0 aliphatic carbocycles. The van der Waals surface area contributed by atoms with Crippen molar-refractivity contribution >= 4 is 28.7 Å². The first-order valence-electron chi connectivity index (χ1n) is 7.10. The number of nitrogens with two attached hydrogens (primary N) is 1. The maximum Gasteiger partial charge on any atom is 0.224 e. The largest absolute Gasteiger partial charge is 0.397 e. The lowest BCUT2D eigenvalue weighted by atomic mass is 10.0. The molecular weight excluding hydrogens is 262 g/mol. The highest BCUT2D eigenvalue weighted by atomic mass is 16.1. The molecule has 1 aliphatic heterocycles. The molecule has 3 rings (SSSR count). The second-order valence-electron chi connectivity index (χ2n) is 5.52. The van der Waals surface area contributed by atoms with Crippen molar-refractivity contribution in [3.8, 4) is 0 Å². The minimum atomic E-state index is 0.0529. The summed E-state index contributed by atoms with van der Waals surface area (Å²) in [5, 5.41) is 6.27. The molecule has 0 atom stereocenters. The summed E-state index contributed by atoms with van der Waals surface area (Å²) in [4.78, 5) is 11.4. The predicted molar refractivity (Wildman–Crippen MR) is 87.0 cm³/mol. The Labute approximate surface area is 124 Å². The molecule has 0 radical (unpaired) electrons. The lowest BCUT2D eigenvalue weighted by molar-refractivity contribution is -0.116. The lowest BCUT2D eigenvalue weighted by Gasteiger charge is -2.20. The molecule has 21 heavy (non-hydrogen) atoms. The van der Waals surface area contributed by atoms with Gasteiger partial charge in [0.25, 0.3) is 0 Å². The van der Waals surface area contributed by atoms with Crippen LogP contribution in [0.5, 0.6) is 0 Å². The van der Waals surface area contributed by atoms with Gasteiger partial charge < -0.3 is 16.4 Å². The van der Waals surface area contributed by atoms with Crippen molar-refractivity contribution in [3.05, 3.63) is 47.0 Å². The predicted octanol–water partition coefficient (Wildman–Crippen LogP) is 3.51. The van der Waals surface area contributed by atoms with E-state index >= 15 is 0 Å². The Balaban J connectivity index is 1.96. The molecule has 2 aromatic rings. The van der Waals surface area contributed by atoms with E-state index in [2.05, 4.69) is 30.5 Å². The Morgan fingerprint density at radius 1 is 1.14 bits per heavy atom. The van der Waals surface area contributed by atoms with Gasteiger partial charge in [0.05, 0.1) is 11.4 Å². The molecule has 0 aromatic heterocycles. The number of amides is 1. The third kappa shape index (κ3) is 2.57. The Morgan fingerprint density at radius 3 is 2.76 bits per heavy atom. The van der Waals surface area contributed by atoms with Gasteiger partial charge in [-0.1, -0.05) is 12.1 Å². The molecule has 0 bridgehead atoms. The summed E-state index contributed by atoms with van der Waals surface area (Å²) in [5.74, 6) is 0.0529. The molecule has 4 nitrogen and oxygen atoms in total. The fourth-order valence-corrected chi connectivity index (χ4v) is 2.59. The van der Waals surface area contributed by atoms with Gasteiger partial charge in [0, 0.05) is 17.8 Å². The fraction of sp³-hybridized carbons (Fsp3) is 0.235. The number of aryl methyl sites for hydroxylation is 2. The Morgan fingerprint density at radius 2 is 1.95 bits per heavy atom. The van der Waals surface area contributed by atoms with Crippen LogP contribution in [0.2, 0.25) is 0 Å². The van der Waals surface area contributed by atoms with Crippen LogP contribution < -0.4 is 16.4 Å². The summed E-state index contributed by atoms with van der Waals surface area (Å²) >= 11 is 0. The van der Waals surface area contributed by atoms with Gasteiger partial charge in [-0.3, -0.25) is 4.79 Å². The number of carbonyl (C=O) groups excluding carboxylic acids is 1. The number of benzene rings is 2. The molecule has 108 valence electrons. The summed E-state index contributed by atoms with van der Waals surface area (Å²) in [6.07, 6.45) is 1.28. The number of fused-ring (bicyclic) bond motifs is 1. The monoisotopic (exact) mass is 281 g/mol. The lowest BCUT2D eigenvalue weighted by Crippen LogP contribution is -2.19. The molecule has 0 saturated carbocycles. The topological polar surface area (TPSA) is 67.2 Å². The van der Waals surface area contributed by atoms with E-state index < -0.39 is 0 Å². The van der Waals surface area contributed by atoms with Gasteiger partial charge in [-0.05, 0) is 55.2 Å². The van der Waals surface area contributed by atoms with Crippen molar-refractivity contribution in [1.29, 1.82) is 0 Å². The summed E-state index contributed by atoms with van der Waals surface area (Å²) in [5.41, 5.74) is 13.1. The van der Waals surface area contributed by atoms with Crippen LogP contribution >= 0.6 is 0 Å². The Hall–Kier alpha value is -2.49. The van der Waals surface area contributed by atoms with E-state index in [1.165, 1.54) is 11.1 Å². The second-order valence-corrected chi connectivity index (χ2v) is 5.52. The number of hydrogen-bond donors (Lipinski definition) is 3. The standard InChI is InChI=1S/C17H19N3O/c1-10-4-3-5-14(11(10)2)19-16-8-12-6-7-17(21)20-15(12)9-13(16)18/h3-5,8-9,19H,6-7,18H2,1-2H3,(H,20,21). The Kier molecular flexibility index (Phi) is 3.29. The summed E-state index contributed by atoms with van der Waals surface area (Å²) in [6.45, 7) is 4.18. The number of nitrogens with one attached hydrogen (secondary N) is 2. The van der Waals surface area contributed by atoms with Gasteiger partial charge in [-0.25, -0.2) is 0 Å². The fourth-order valence-electron chi connectivity index (χ4n) is 2.59. The number of hydrogen-bond acceptors (Lipinski definition) is 3. The number of carbonyl (C=O) groups is 1. The van der Waals surface area contributed by atoms with Crippen molar-refractivity contribution in [2.45, 2.75) is 26.7 Å². The zero-order valence-corrected chi connectivity index (χ0v) is 12.3. The van der Waals surface area contributed by atoms with E-state index in [4.69, 9.17) is 5.73 Å².